The molecule has 1 unspecified atom stereocenters. The largest absolute Gasteiger partial charge is 0.444 e. The number of ether oxygens (including phenoxy) is 1. The lowest BCUT2D eigenvalue weighted by Crippen LogP contribution is -2.33. The molecule has 0 saturated heterocycles. The highest BCUT2D eigenvalue weighted by atomic mass is 32.2. The van der Waals surface area contributed by atoms with E-state index in [4.69, 9.17) is 9.72 Å². The smallest absolute Gasteiger partial charge is 0.412 e. The molecule has 9 nitrogen and oxygen atoms in total. The third-order valence-electron chi connectivity index (χ3n) is 7.65. The van der Waals surface area contributed by atoms with Crippen molar-refractivity contribution in [2.75, 3.05) is 17.2 Å². The van der Waals surface area contributed by atoms with E-state index in [1.807, 2.05) is 118 Å². The molecule has 0 radical (unpaired) electrons. The van der Waals surface area contributed by atoms with E-state index in [1.165, 1.54) is 18.1 Å². The second-order valence-corrected chi connectivity index (χ2v) is 14.0. The van der Waals surface area contributed by atoms with Gasteiger partial charge in [-0.2, -0.15) is 0 Å². The van der Waals surface area contributed by atoms with Crippen molar-refractivity contribution in [2.24, 2.45) is 0 Å². The maximum absolute atomic E-state index is 14.1. The van der Waals surface area contributed by atoms with E-state index in [9.17, 15) is 9.59 Å². The van der Waals surface area contributed by atoms with Gasteiger partial charge in [0.2, 0.25) is 0 Å². The number of aromatic nitrogens is 3. The molecule has 0 saturated carbocycles. The Kier molecular flexibility index (Phi) is 11.0. The molecule has 2 aromatic heterocycles. The van der Waals surface area contributed by atoms with E-state index in [1.54, 1.807) is 6.08 Å². The molecule has 2 N–H and O–H groups in total. The van der Waals surface area contributed by atoms with Gasteiger partial charge < -0.3 is 15.0 Å². The molecular formula is C39H42N6O3S. The van der Waals surface area contributed by atoms with E-state index in [-0.39, 0.29) is 17.9 Å². The average molecular weight is 675 g/mol. The summed E-state index contributed by atoms with van der Waals surface area (Å²) in [7, 11) is 0. The van der Waals surface area contributed by atoms with E-state index in [0.717, 1.165) is 26.4 Å². The fraction of sp³-hybridized carbons (Fsp3) is 0.256. The fourth-order valence-electron chi connectivity index (χ4n) is 5.14. The Morgan fingerprint density at radius 1 is 0.959 bits per heavy atom. The van der Waals surface area contributed by atoms with E-state index >= 15 is 0 Å². The van der Waals surface area contributed by atoms with Gasteiger partial charge in [0.25, 0.3) is 5.91 Å². The Labute approximate surface area is 292 Å². The molecule has 49 heavy (non-hydrogen) atoms. The number of carbonyl (C=O) groups excluding carboxylic acids is 2. The summed E-state index contributed by atoms with van der Waals surface area (Å²) < 4.78 is 5.38. The van der Waals surface area contributed by atoms with Crippen molar-refractivity contribution in [1.29, 1.82) is 0 Å². The third kappa shape index (κ3) is 9.03. The number of nitrogens with one attached hydrogen (secondary N) is 2. The van der Waals surface area contributed by atoms with Gasteiger partial charge in [-0.3, -0.25) is 10.1 Å². The highest BCUT2D eigenvalue weighted by Gasteiger charge is 2.23. The second kappa shape index (κ2) is 15.3. The molecule has 252 valence electrons. The topological polar surface area (TPSA) is 109 Å². The van der Waals surface area contributed by atoms with Crippen LogP contribution in [0, 0.1) is 0 Å². The van der Waals surface area contributed by atoms with Gasteiger partial charge in [0.15, 0.2) is 5.65 Å². The van der Waals surface area contributed by atoms with Crippen LogP contribution >= 0.6 is 11.8 Å². The van der Waals surface area contributed by atoms with Crippen LogP contribution in [0.4, 0.5) is 22.0 Å². The molecular weight excluding hydrogens is 633 g/mol. The first kappa shape index (κ1) is 35.1. The maximum atomic E-state index is 14.1. The normalized spacial score (nSPS) is 12.0. The minimum Gasteiger partial charge on any atom is -0.444 e. The van der Waals surface area contributed by atoms with Crippen molar-refractivity contribution in [1.82, 2.24) is 19.9 Å². The first-order valence-electron chi connectivity index (χ1n) is 16.2. The molecule has 0 fully saturated rings. The third-order valence-corrected chi connectivity index (χ3v) is 8.74. The van der Waals surface area contributed by atoms with Gasteiger partial charge in [0.05, 0.1) is 17.1 Å². The lowest BCUT2D eigenvalue weighted by atomic mass is 10.1. The predicted molar refractivity (Wildman–Crippen MR) is 198 cm³/mol. The lowest BCUT2D eigenvalue weighted by molar-refractivity contribution is 0.0635. The van der Waals surface area contributed by atoms with Crippen LogP contribution in [-0.4, -0.2) is 44.0 Å². The van der Waals surface area contributed by atoms with Crippen LogP contribution < -0.4 is 10.6 Å². The van der Waals surface area contributed by atoms with Crippen LogP contribution in [0.1, 0.15) is 75.1 Å². The minimum absolute atomic E-state index is 0.121. The Bertz CT molecular complexity index is 1940. The van der Waals surface area contributed by atoms with E-state index < -0.39 is 11.7 Å². The highest BCUT2D eigenvalue weighted by molar-refractivity contribution is 7.99. The highest BCUT2D eigenvalue weighted by Crippen LogP contribution is 2.37. The standard InChI is InChI=1S/C39H42N6O3S/c1-8-22-45(26(4)27-12-10-9-11-13-27)37(46)28-14-21-34(49-30-17-15-29(16-18-30)42-38(47)48-39(5,6)7)33(23-28)44-36-31-19-20-32(25(2)3)43-35(31)40-24-41-36/h8-21,23-26H,1,22H2,2-7H3,(H,42,47)(H,40,41,43,44). The summed E-state index contributed by atoms with van der Waals surface area (Å²) in [5, 5.41) is 7.03. The summed E-state index contributed by atoms with van der Waals surface area (Å²) in [5.74, 6) is 0.713. The molecule has 3 aromatic carbocycles. The molecule has 5 aromatic rings. The van der Waals surface area contributed by atoms with Crippen molar-refractivity contribution in [2.45, 2.75) is 68.9 Å². The predicted octanol–water partition coefficient (Wildman–Crippen LogP) is 9.78. The summed E-state index contributed by atoms with van der Waals surface area (Å²) in [4.78, 5) is 43.7. The molecule has 2 amide bonds. The minimum atomic E-state index is -0.596. The van der Waals surface area contributed by atoms with Crippen LogP contribution in [-0.2, 0) is 4.74 Å². The zero-order valence-electron chi connectivity index (χ0n) is 28.7. The van der Waals surface area contributed by atoms with Crippen molar-refractivity contribution in [3.8, 4) is 0 Å². The number of nitrogens with zero attached hydrogens (tertiary/aromatic N) is 4. The summed E-state index contributed by atoms with van der Waals surface area (Å²) in [6.45, 7) is 16.0. The Hall–Kier alpha value is -5.22. The number of pyridine rings is 1. The molecule has 2 heterocycles. The molecule has 1 atom stereocenters. The zero-order valence-corrected chi connectivity index (χ0v) is 29.5. The lowest BCUT2D eigenvalue weighted by Gasteiger charge is -2.29. The fourth-order valence-corrected chi connectivity index (χ4v) is 6.03. The monoisotopic (exact) mass is 674 g/mol. The number of carbonyl (C=O) groups is 2. The van der Waals surface area contributed by atoms with Crippen molar-refractivity contribution in [3.05, 3.63) is 121 Å². The summed E-state index contributed by atoms with van der Waals surface area (Å²) >= 11 is 1.52. The molecule has 0 spiro atoms. The number of anilines is 3. The SMILES string of the molecule is C=CCN(C(=O)c1ccc(Sc2ccc(NC(=O)OC(C)(C)C)cc2)c(Nc2ncnc3nc(C(C)C)ccc23)c1)C(C)c1ccccc1. The Balaban J connectivity index is 1.49. The number of rotatable bonds is 11. The van der Waals surface area contributed by atoms with Gasteiger partial charge in [-0.1, -0.05) is 62.0 Å². The maximum Gasteiger partial charge on any atom is 0.412 e. The summed E-state index contributed by atoms with van der Waals surface area (Å²) in [6, 6.07) is 26.9. The van der Waals surface area contributed by atoms with Gasteiger partial charge in [-0.05, 0) is 93.8 Å². The summed E-state index contributed by atoms with van der Waals surface area (Å²) in [5.41, 5.74) is 3.81. The van der Waals surface area contributed by atoms with E-state index in [0.29, 0.717) is 34.9 Å². The summed E-state index contributed by atoms with van der Waals surface area (Å²) in [6.07, 6.45) is 2.72. The van der Waals surface area contributed by atoms with Crippen LogP contribution in [0.3, 0.4) is 0 Å². The second-order valence-electron chi connectivity index (χ2n) is 12.9. The van der Waals surface area contributed by atoms with Crippen LogP contribution in [0.25, 0.3) is 11.0 Å². The van der Waals surface area contributed by atoms with Crippen LogP contribution in [0.15, 0.2) is 114 Å². The number of amides is 2. The Morgan fingerprint density at radius 3 is 2.37 bits per heavy atom. The first-order valence-corrected chi connectivity index (χ1v) is 17.0. The average Bonchev–Trinajstić information content (AvgIpc) is 3.07. The number of hydrogen-bond donors (Lipinski definition) is 2. The van der Waals surface area contributed by atoms with Crippen molar-refractivity contribution >= 4 is 52.0 Å². The molecule has 0 aliphatic carbocycles. The molecule has 10 heteroatoms. The number of hydrogen-bond acceptors (Lipinski definition) is 8. The van der Waals surface area contributed by atoms with Gasteiger partial charge in [0, 0.05) is 33.3 Å². The quantitative estimate of drug-likeness (QED) is 0.133. The van der Waals surface area contributed by atoms with Gasteiger partial charge in [0.1, 0.15) is 17.7 Å². The van der Waals surface area contributed by atoms with Crippen molar-refractivity contribution in [3.63, 3.8) is 0 Å². The van der Waals surface area contributed by atoms with E-state index in [2.05, 4.69) is 41.0 Å². The molecule has 5 rings (SSSR count). The Morgan fingerprint density at radius 2 is 1.69 bits per heavy atom. The van der Waals surface area contributed by atoms with Crippen LogP contribution in [0.5, 0.6) is 0 Å². The van der Waals surface area contributed by atoms with Crippen LogP contribution in [0.2, 0.25) is 0 Å². The zero-order chi connectivity index (χ0) is 35.1. The van der Waals surface area contributed by atoms with Gasteiger partial charge in [-0.15, -0.1) is 6.58 Å². The van der Waals surface area contributed by atoms with Crippen molar-refractivity contribution < 1.29 is 14.3 Å². The number of benzene rings is 3. The van der Waals surface area contributed by atoms with Gasteiger partial charge >= 0.3 is 6.09 Å². The molecule has 0 aliphatic heterocycles. The molecule has 0 aliphatic rings. The van der Waals surface area contributed by atoms with Gasteiger partial charge in [-0.25, -0.2) is 19.7 Å². The first-order chi connectivity index (χ1) is 23.4. The number of fused-ring (bicyclic) bond motifs is 1. The molecule has 0 bridgehead atoms.